The maximum atomic E-state index is 13.1. The van der Waals surface area contributed by atoms with Gasteiger partial charge in [0.15, 0.2) is 0 Å². The number of rotatable bonds is 1. The molecular formula is C13H6F4N2. The first kappa shape index (κ1) is 13.0. The van der Waals surface area contributed by atoms with Gasteiger partial charge >= 0.3 is 6.18 Å². The number of pyridine rings is 1. The summed E-state index contributed by atoms with van der Waals surface area (Å²) in [5.41, 5.74) is -1.16. The van der Waals surface area contributed by atoms with Crippen molar-refractivity contribution in [3.8, 4) is 17.2 Å². The van der Waals surface area contributed by atoms with Gasteiger partial charge in [-0.3, -0.25) is 4.98 Å². The lowest BCUT2D eigenvalue weighted by Gasteiger charge is -2.13. The highest BCUT2D eigenvalue weighted by Gasteiger charge is 2.33. The van der Waals surface area contributed by atoms with E-state index in [2.05, 4.69) is 4.98 Å². The molecule has 0 aliphatic rings. The highest BCUT2D eigenvalue weighted by Crippen LogP contribution is 2.37. The van der Waals surface area contributed by atoms with Crippen molar-refractivity contribution < 1.29 is 17.6 Å². The lowest BCUT2D eigenvalue weighted by Crippen LogP contribution is -2.07. The Bertz CT molecular complexity index is 656. The van der Waals surface area contributed by atoms with Gasteiger partial charge in [0.1, 0.15) is 5.82 Å². The van der Waals surface area contributed by atoms with Gasteiger partial charge in [0.25, 0.3) is 0 Å². The average molecular weight is 266 g/mol. The second-order valence-electron chi connectivity index (χ2n) is 3.76. The number of benzene rings is 1. The molecule has 2 rings (SSSR count). The molecule has 0 fully saturated rings. The Labute approximate surface area is 105 Å². The first-order valence-corrected chi connectivity index (χ1v) is 5.14. The molecular weight excluding hydrogens is 260 g/mol. The third-order valence-corrected chi connectivity index (χ3v) is 2.47. The molecule has 0 bridgehead atoms. The van der Waals surface area contributed by atoms with E-state index in [4.69, 9.17) is 5.26 Å². The zero-order chi connectivity index (χ0) is 14.0. The summed E-state index contributed by atoms with van der Waals surface area (Å²) in [7, 11) is 0. The van der Waals surface area contributed by atoms with Gasteiger partial charge in [0, 0.05) is 11.8 Å². The van der Waals surface area contributed by atoms with Crippen LogP contribution in [0.25, 0.3) is 11.1 Å². The summed E-state index contributed by atoms with van der Waals surface area (Å²) < 4.78 is 51.7. The van der Waals surface area contributed by atoms with Crippen LogP contribution < -0.4 is 0 Å². The molecule has 2 nitrogen and oxygen atoms in total. The van der Waals surface area contributed by atoms with Crippen LogP contribution in [-0.2, 0) is 6.18 Å². The van der Waals surface area contributed by atoms with Gasteiger partial charge in [0.05, 0.1) is 23.4 Å². The van der Waals surface area contributed by atoms with Gasteiger partial charge in [-0.2, -0.15) is 18.4 Å². The molecule has 19 heavy (non-hydrogen) atoms. The predicted octanol–water partition coefficient (Wildman–Crippen LogP) is 3.78. The van der Waals surface area contributed by atoms with E-state index in [0.29, 0.717) is 0 Å². The van der Waals surface area contributed by atoms with Crippen molar-refractivity contribution in [2.45, 2.75) is 6.18 Å². The van der Waals surface area contributed by atoms with E-state index in [0.717, 1.165) is 36.7 Å². The third-order valence-electron chi connectivity index (χ3n) is 2.47. The van der Waals surface area contributed by atoms with Gasteiger partial charge in [-0.05, 0) is 29.8 Å². The Morgan fingerprint density at radius 3 is 2.42 bits per heavy atom. The fourth-order valence-electron chi connectivity index (χ4n) is 1.66. The van der Waals surface area contributed by atoms with Crippen molar-refractivity contribution in [1.29, 1.82) is 5.26 Å². The second-order valence-corrected chi connectivity index (χ2v) is 3.76. The average Bonchev–Trinajstić information content (AvgIpc) is 2.37. The lowest BCUT2D eigenvalue weighted by atomic mass is 9.98. The lowest BCUT2D eigenvalue weighted by molar-refractivity contribution is -0.137. The van der Waals surface area contributed by atoms with Crippen molar-refractivity contribution in [1.82, 2.24) is 4.98 Å². The molecule has 0 unspecified atom stereocenters. The number of hydrogen-bond donors (Lipinski definition) is 0. The van der Waals surface area contributed by atoms with E-state index in [1.54, 1.807) is 6.07 Å². The molecule has 0 radical (unpaired) electrons. The number of nitrogens with zero attached hydrogens (tertiary/aromatic N) is 2. The summed E-state index contributed by atoms with van der Waals surface area (Å²) in [6.07, 6.45) is -2.57. The standard InChI is InChI=1S/C13H6F4N2/c14-10-4-9(6-19-7-10)11-3-8(5-18)1-2-12(11)13(15,16)17/h1-4,6-7H. The second kappa shape index (κ2) is 4.69. The topological polar surface area (TPSA) is 36.7 Å². The van der Waals surface area contributed by atoms with E-state index in [1.807, 2.05) is 0 Å². The summed E-state index contributed by atoms with van der Waals surface area (Å²) >= 11 is 0. The van der Waals surface area contributed by atoms with Gasteiger partial charge in [0.2, 0.25) is 0 Å². The maximum absolute atomic E-state index is 13.1. The van der Waals surface area contributed by atoms with Gasteiger partial charge < -0.3 is 0 Å². The number of hydrogen-bond acceptors (Lipinski definition) is 2. The van der Waals surface area contributed by atoms with Crippen LogP contribution in [0.1, 0.15) is 11.1 Å². The maximum Gasteiger partial charge on any atom is 0.417 e. The van der Waals surface area contributed by atoms with Crippen molar-refractivity contribution >= 4 is 0 Å². The normalized spacial score (nSPS) is 11.1. The summed E-state index contributed by atoms with van der Waals surface area (Å²) in [5, 5.41) is 8.74. The first-order chi connectivity index (χ1) is 8.91. The largest absolute Gasteiger partial charge is 0.417 e. The van der Waals surface area contributed by atoms with Crippen molar-refractivity contribution in [2.24, 2.45) is 0 Å². The predicted molar refractivity (Wildman–Crippen MR) is 59.3 cm³/mol. The smallest absolute Gasteiger partial charge is 0.261 e. The highest BCUT2D eigenvalue weighted by atomic mass is 19.4. The zero-order valence-electron chi connectivity index (χ0n) is 9.37. The molecule has 96 valence electrons. The molecule has 0 amide bonds. The molecule has 0 aliphatic heterocycles. The molecule has 1 aromatic carbocycles. The monoisotopic (exact) mass is 266 g/mol. The van der Waals surface area contributed by atoms with Crippen molar-refractivity contribution in [2.75, 3.05) is 0 Å². The highest BCUT2D eigenvalue weighted by molar-refractivity contribution is 5.69. The SMILES string of the molecule is N#Cc1ccc(C(F)(F)F)c(-c2cncc(F)c2)c1. The van der Waals surface area contributed by atoms with E-state index in [9.17, 15) is 17.6 Å². The quantitative estimate of drug-likeness (QED) is 0.736. The minimum Gasteiger partial charge on any atom is -0.261 e. The van der Waals surface area contributed by atoms with Crippen LogP contribution in [0.4, 0.5) is 17.6 Å². The fourth-order valence-corrected chi connectivity index (χ4v) is 1.66. The Morgan fingerprint density at radius 1 is 1.11 bits per heavy atom. The van der Waals surface area contributed by atoms with E-state index < -0.39 is 17.6 Å². The number of halogens is 4. The Morgan fingerprint density at radius 2 is 1.84 bits per heavy atom. The molecule has 1 heterocycles. The van der Waals surface area contributed by atoms with Crippen LogP contribution in [0.2, 0.25) is 0 Å². The molecule has 0 spiro atoms. The van der Waals surface area contributed by atoms with Crippen LogP contribution in [0, 0.1) is 17.1 Å². The van der Waals surface area contributed by atoms with Crippen LogP contribution in [0.5, 0.6) is 0 Å². The molecule has 0 atom stereocenters. The van der Waals surface area contributed by atoms with Crippen LogP contribution >= 0.6 is 0 Å². The summed E-state index contributed by atoms with van der Waals surface area (Å²) in [4.78, 5) is 3.51. The Hall–Kier alpha value is -2.42. The molecule has 0 saturated carbocycles. The van der Waals surface area contributed by atoms with E-state index in [1.165, 1.54) is 0 Å². The Kier molecular flexibility index (Phi) is 3.21. The molecule has 1 aromatic heterocycles. The summed E-state index contributed by atoms with van der Waals surface area (Å²) in [6.45, 7) is 0. The fraction of sp³-hybridized carbons (Fsp3) is 0.0769. The molecule has 6 heteroatoms. The summed E-state index contributed by atoms with van der Waals surface area (Å²) in [5.74, 6) is -0.743. The number of aromatic nitrogens is 1. The van der Waals surface area contributed by atoms with Crippen LogP contribution in [-0.4, -0.2) is 4.98 Å². The Balaban J connectivity index is 2.69. The molecule has 0 saturated heterocycles. The number of alkyl halides is 3. The van der Waals surface area contributed by atoms with Gasteiger partial charge in [-0.25, -0.2) is 4.39 Å². The molecule has 0 aliphatic carbocycles. The third kappa shape index (κ3) is 2.71. The summed E-state index contributed by atoms with van der Waals surface area (Å²) in [6, 6.07) is 5.63. The number of nitriles is 1. The minimum atomic E-state index is -4.59. The van der Waals surface area contributed by atoms with Crippen LogP contribution in [0.15, 0.2) is 36.7 Å². The van der Waals surface area contributed by atoms with Crippen molar-refractivity contribution in [3.05, 3.63) is 53.6 Å². The van der Waals surface area contributed by atoms with E-state index in [-0.39, 0.29) is 16.7 Å². The van der Waals surface area contributed by atoms with E-state index >= 15 is 0 Å². The van der Waals surface area contributed by atoms with Gasteiger partial charge in [-0.15, -0.1) is 0 Å². The van der Waals surface area contributed by atoms with Crippen molar-refractivity contribution in [3.63, 3.8) is 0 Å². The first-order valence-electron chi connectivity index (χ1n) is 5.14. The van der Waals surface area contributed by atoms with Gasteiger partial charge in [-0.1, -0.05) is 0 Å². The minimum absolute atomic E-state index is 0.0237. The molecule has 0 N–H and O–H groups in total. The van der Waals surface area contributed by atoms with Crippen LogP contribution in [0.3, 0.4) is 0 Å². The zero-order valence-corrected chi connectivity index (χ0v) is 9.37. The molecule has 2 aromatic rings.